The summed E-state index contributed by atoms with van der Waals surface area (Å²) in [5.41, 5.74) is 0.279. The standard InChI is InChI=1S/C18H15Cl2IN3O5/c1-9(2)24-8-11(3-4-15(24)25)28-16-12(19)5-10(6-13(16)20)22-17(26)14-7-21-29-18(27)23-14/h3-9H,1-2H3,(H,22,26)(H,23,27)/q-1. The van der Waals surface area contributed by atoms with Gasteiger partial charge in [0.2, 0.25) is 0 Å². The number of halogens is 3. The van der Waals surface area contributed by atoms with E-state index in [1.807, 2.05) is 13.8 Å². The molecule has 1 aliphatic heterocycles. The van der Waals surface area contributed by atoms with Crippen LogP contribution >= 0.6 is 23.2 Å². The van der Waals surface area contributed by atoms with Crippen LogP contribution in [-0.2, 0) is 7.86 Å². The van der Waals surface area contributed by atoms with Gasteiger partial charge < -0.3 is 0 Å². The molecule has 2 amide bonds. The van der Waals surface area contributed by atoms with Crippen molar-refractivity contribution in [3.63, 3.8) is 0 Å². The molecule has 2 heterocycles. The normalized spacial score (nSPS) is 13.7. The van der Waals surface area contributed by atoms with E-state index in [2.05, 4.69) is 10.6 Å². The molecule has 0 saturated carbocycles. The zero-order valence-corrected chi connectivity index (χ0v) is 18.8. The number of benzene rings is 1. The molecular formula is C18H15Cl2IN3O5-. The number of ether oxygens (including phenoxy) is 1. The van der Waals surface area contributed by atoms with Crippen molar-refractivity contribution < 1.29 is 39.0 Å². The zero-order chi connectivity index (χ0) is 21.1. The van der Waals surface area contributed by atoms with Crippen LogP contribution in [-0.4, -0.2) is 16.6 Å². The fourth-order valence-electron chi connectivity index (χ4n) is 2.36. The van der Waals surface area contributed by atoms with Crippen LogP contribution in [0.5, 0.6) is 11.5 Å². The molecule has 0 atom stereocenters. The summed E-state index contributed by atoms with van der Waals surface area (Å²) in [7, 11) is 0. The van der Waals surface area contributed by atoms with Gasteiger partial charge in [0, 0.05) is 6.04 Å². The first-order valence-corrected chi connectivity index (χ1v) is 11.1. The summed E-state index contributed by atoms with van der Waals surface area (Å²) in [6.45, 7) is 3.75. The molecular weight excluding hydrogens is 536 g/mol. The van der Waals surface area contributed by atoms with Crippen molar-refractivity contribution in [3.8, 4) is 11.5 Å². The molecule has 2 N–H and O–H groups in total. The Balaban J connectivity index is 1.80. The Morgan fingerprint density at radius 3 is 2.55 bits per heavy atom. The van der Waals surface area contributed by atoms with Crippen LogP contribution in [0.4, 0.5) is 10.5 Å². The Bertz CT molecular complexity index is 1040. The summed E-state index contributed by atoms with van der Waals surface area (Å²) < 4.78 is 13.6. The van der Waals surface area contributed by atoms with Gasteiger partial charge in [-0.15, -0.1) is 0 Å². The summed E-state index contributed by atoms with van der Waals surface area (Å²) in [6, 6.07) is 5.81. The predicted molar refractivity (Wildman–Crippen MR) is 104 cm³/mol. The van der Waals surface area contributed by atoms with E-state index in [9.17, 15) is 14.4 Å². The number of nitrogens with zero attached hydrogens (tertiary/aromatic N) is 1. The van der Waals surface area contributed by atoms with Gasteiger partial charge in [0.1, 0.15) is 0 Å². The fourth-order valence-corrected chi connectivity index (χ4v) is 4.09. The van der Waals surface area contributed by atoms with Gasteiger partial charge in [0.05, 0.1) is 0 Å². The first-order valence-electron chi connectivity index (χ1n) is 8.26. The van der Waals surface area contributed by atoms with E-state index in [-0.39, 0.29) is 33.1 Å². The number of hydrogen-bond acceptors (Lipinski definition) is 5. The smallest absolute Gasteiger partial charge is 0.269 e. The number of aromatic nitrogens is 1. The number of rotatable bonds is 5. The minimum absolute atomic E-state index is 0.0445. The molecule has 0 saturated heterocycles. The van der Waals surface area contributed by atoms with Crippen LogP contribution in [0.3, 0.4) is 0 Å². The van der Waals surface area contributed by atoms with Crippen molar-refractivity contribution in [1.29, 1.82) is 0 Å². The Labute approximate surface area is 186 Å². The Morgan fingerprint density at radius 2 is 1.93 bits per heavy atom. The van der Waals surface area contributed by atoms with Gasteiger partial charge in [-0.2, -0.15) is 0 Å². The molecule has 0 aliphatic carbocycles. The molecule has 0 bridgehead atoms. The van der Waals surface area contributed by atoms with Crippen molar-refractivity contribution in [2.45, 2.75) is 19.9 Å². The van der Waals surface area contributed by atoms with E-state index in [0.29, 0.717) is 11.4 Å². The number of amides is 2. The summed E-state index contributed by atoms with van der Waals surface area (Å²) in [5, 5.41) is 5.25. The number of pyridine rings is 1. The van der Waals surface area contributed by atoms with Crippen molar-refractivity contribution >= 4 is 40.9 Å². The number of carbonyl (C=O) groups is 2. The van der Waals surface area contributed by atoms with Crippen molar-refractivity contribution in [1.82, 2.24) is 9.88 Å². The average Bonchev–Trinajstić information content (AvgIpc) is 2.65. The number of carbonyl (C=O) groups excluding carboxylic acids is 2. The average molecular weight is 551 g/mol. The molecule has 154 valence electrons. The molecule has 0 spiro atoms. The molecule has 0 fully saturated rings. The Kier molecular flexibility index (Phi) is 6.70. The molecule has 29 heavy (non-hydrogen) atoms. The van der Waals surface area contributed by atoms with Gasteiger partial charge in [0.25, 0.3) is 5.56 Å². The van der Waals surface area contributed by atoms with Crippen molar-refractivity contribution in [2.75, 3.05) is 5.32 Å². The molecule has 3 rings (SSSR count). The van der Waals surface area contributed by atoms with Gasteiger partial charge in [0.15, 0.2) is 0 Å². The van der Waals surface area contributed by atoms with E-state index in [1.165, 1.54) is 28.8 Å². The van der Waals surface area contributed by atoms with Crippen LogP contribution in [0.1, 0.15) is 19.9 Å². The van der Waals surface area contributed by atoms with Gasteiger partial charge in [-0.05, 0) is 13.8 Å². The minimum Gasteiger partial charge on any atom is -0.269 e. The molecule has 8 nitrogen and oxygen atoms in total. The van der Waals surface area contributed by atoms with Crippen LogP contribution in [0.25, 0.3) is 0 Å². The van der Waals surface area contributed by atoms with Gasteiger partial charge in [-0.1, -0.05) is 0 Å². The van der Waals surface area contributed by atoms with Gasteiger partial charge in [-0.25, -0.2) is 0 Å². The Morgan fingerprint density at radius 1 is 1.24 bits per heavy atom. The number of nitrogens with one attached hydrogen (secondary N) is 2. The zero-order valence-electron chi connectivity index (χ0n) is 15.2. The van der Waals surface area contributed by atoms with Gasteiger partial charge >= 0.3 is 157 Å². The van der Waals surface area contributed by atoms with Crippen LogP contribution in [0, 0.1) is 0 Å². The topological polar surface area (TPSA) is 98.7 Å². The second kappa shape index (κ2) is 9.06. The molecule has 1 aromatic carbocycles. The third-order valence-electron chi connectivity index (χ3n) is 3.69. The van der Waals surface area contributed by atoms with E-state index in [1.54, 1.807) is 10.3 Å². The summed E-state index contributed by atoms with van der Waals surface area (Å²) in [5.74, 6) is 0.0498. The molecule has 0 unspecified atom stereocenters. The van der Waals surface area contributed by atoms with E-state index in [0.717, 1.165) is 0 Å². The molecule has 11 heteroatoms. The first-order chi connectivity index (χ1) is 13.7. The summed E-state index contributed by atoms with van der Waals surface area (Å²) in [6.07, 6.45) is 0.909. The number of anilines is 1. The second-order valence-electron chi connectivity index (χ2n) is 6.13. The third kappa shape index (κ3) is 5.22. The molecule has 2 aromatic rings. The maximum absolute atomic E-state index is 12.3. The van der Waals surface area contributed by atoms with Crippen molar-refractivity contribution in [3.05, 3.63) is 60.6 Å². The van der Waals surface area contributed by atoms with E-state index >= 15 is 0 Å². The molecule has 1 aromatic heterocycles. The molecule has 0 radical (unpaired) electrons. The van der Waals surface area contributed by atoms with Crippen LogP contribution in [0.15, 0.2) is 45.0 Å². The third-order valence-corrected chi connectivity index (χ3v) is 5.79. The van der Waals surface area contributed by atoms with Crippen LogP contribution in [0.2, 0.25) is 10.0 Å². The Hall–Kier alpha value is -2.24. The quantitative estimate of drug-likeness (QED) is 0.542. The van der Waals surface area contributed by atoms with E-state index in [4.69, 9.17) is 31.0 Å². The predicted octanol–water partition coefficient (Wildman–Crippen LogP) is 1.05. The molecule has 1 aliphatic rings. The SMILES string of the molecule is CC(C)n1cc(Oc2c(Cl)cc(NC(=O)C3=C[I-]OC(=O)N3)cc2Cl)ccc1=O. The summed E-state index contributed by atoms with van der Waals surface area (Å²) in [4.78, 5) is 35.4. The van der Waals surface area contributed by atoms with E-state index < -0.39 is 33.6 Å². The monoisotopic (exact) mass is 550 g/mol. The second-order valence-corrected chi connectivity index (χ2v) is 8.52. The number of hydrogen-bond donors (Lipinski definition) is 2. The van der Waals surface area contributed by atoms with Crippen LogP contribution < -0.4 is 42.5 Å². The maximum atomic E-state index is 12.3. The van der Waals surface area contributed by atoms with Crippen molar-refractivity contribution in [2.24, 2.45) is 0 Å². The summed E-state index contributed by atoms with van der Waals surface area (Å²) >= 11 is 11.6. The van der Waals surface area contributed by atoms with Gasteiger partial charge in [-0.3, -0.25) is 4.79 Å². The first kappa shape index (κ1) is 21.5. The minimum atomic E-state index is -0.964. The fraction of sp³-hybridized carbons (Fsp3) is 0.167.